The van der Waals surface area contributed by atoms with Crippen molar-refractivity contribution >= 4 is 39.4 Å². The van der Waals surface area contributed by atoms with Gasteiger partial charge >= 0.3 is 0 Å². The fourth-order valence-electron chi connectivity index (χ4n) is 3.43. The summed E-state index contributed by atoms with van der Waals surface area (Å²) in [5.41, 5.74) is 2.86. The molecule has 0 bridgehead atoms. The van der Waals surface area contributed by atoms with Gasteiger partial charge in [-0.15, -0.1) is 10.2 Å². The number of carbonyl (C=O) groups excluding carboxylic acids is 1. The third-order valence-electron chi connectivity index (χ3n) is 5.16. The van der Waals surface area contributed by atoms with E-state index in [4.69, 9.17) is 9.47 Å². The summed E-state index contributed by atoms with van der Waals surface area (Å²) in [5, 5.41) is 22.3. The molecule has 0 saturated heterocycles. The summed E-state index contributed by atoms with van der Waals surface area (Å²) in [7, 11) is 1.55. The molecule has 0 aliphatic heterocycles. The Kier molecular flexibility index (Phi) is 7.20. The lowest BCUT2D eigenvalue weighted by molar-refractivity contribution is -0.112. The van der Waals surface area contributed by atoms with Crippen molar-refractivity contribution in [2.75, 3.05) is 19.0 Å². The van der Waals surface area contributed by atoms with Gasteiger partial charge in [-0.2, -0.15) is 5.26 Å². The summed E-state index contributed by atoms with van der Waals surface area (Å²) >= 11 is 1.28. The number of aromatic amines is 1. The van der Waals surface area contributed by atoms with Crippen LogP contribution in [0.4, 0.5) is 5.13 Å². The Bertz CT molecular complexity index is 1380. The number of rotatable bonds is 9. The number of para-hydroxylation sites is 1. The normalized spacial score (nSPS) is 11.3. The highest BCUT2D eigenvalue weighted by atomic mass is 32.1. The first-order valence-electron chi connectivity index (χ1n) is 10.7. The molecule has 0 radical (unpaired) electrons. The molecule has 0 aliphatic carbocycles. The van der Waals surface area contributed by atoms with Gasteiger partial charge in [0.1, 0.15) is 16.6 Å². The van der Waals surface area contributed by atoms with Crippen LogP contribution in [0.25, 0.3) is 17.0 Å². The third-order valence-corrected chi connectivity index (χ3v) is 6.14. The smallest absolute Gasteiger partial charge is 0.268 e. The number of ether oxygens (including phenoxy) is 2. The van der Waals surface area contributed by atoms with Crippen molar-refractivity contribution in [3.8, 4) is 17.6 Å². The summed E-state index contributed by atoms with van der Waals surface area (Å²) in [4.78, 5) is 15.8. The molecule has 0 unspecified atom stereocenters. The first-order chi connectivity index (χ1) is 16.6. The van der Waals surface area contributed by atoms with Crippen LogP contribution in [-0.2, 0) is 17.6 Å². The van der Waals surface area contributed by atoms with Crippen LogP contribution >= 0.6 is 11.3 Å². The molecule has 2 aromatic heterocycles. The Balaban J connectivity index is 1.43. The van der Waals surface area contributed by atoms with Gasteiger partial charge < -0.3 is 14.5 Å². The highest BCUT2D eigenvalue weighted by molar-refractivity contribution is 7.15. The second kappa shape index (κ2) is 10.6. The summed E-state index contributed by atoms with van der Waals surface area (Å²) in [5.74, 6) is 0.560. The van der Waals surface area contributed by atoms with Crippen molar-refractivity contribution < 1.29 is 14.3 Å². The monoisotopic (exact) mass is 473 g/mol. The van der Waals surface area contributed by atoms with Crippen LogP contribution in [0, 0.1) is 11.3 Å². The largest absolute Gasteiger partial charge is 0.493 e. The summed E-state index contributed by atoms with van der Waals surface area (Å²) in [6.07, 6.45) is 4.96. The predicted molar refractivity (Wildman–Crippen MR) is 132 cm³/mol. The Morgan fingerprint density at radius 2 is 2.09 bits per heavy atom. The number of nitrogens with zero attached hydrogens (tertiary/aromatic N) is 3. The van der Waals surface area contributed by atoms with Crippen molar-refractivity contribution in [2.24, 2.45) is 0 Å². The summed E-state index contributed by atoms with van der Waals surface area (Å²) in [6, 6.07) is 15.3. The Morgan fingerprint density at radius 3 is 2.85 bits per heavy atom. The molecule has 4 rings (SSSR count). The van der Waals surface area contributed by atoms with Crippen LogP contribution in [0.15, 0.2) is 54.2 Å². The van der Waals surface area contributed by atoms with Crippen LogP contribution in [0.3, 0.4) is 0 Å². The van der Waals surface area contributed by atoms with E-state index < -0.39 is 5.91 Å². The average Bonchev–Trinajstić information content (AvgIpc) is 3.50. The number of aryl methyl sites for hydroxylation is 1. The first kappa shape index (κ1) is 23.0. The average molecular weight is 474 g/mol. The zero-order chi connectivity index (χ0) is 23.9. The molecule has 0 fully saturated rings. The quantitative estimate of drug-likeness (QED) is 0.268. The highest BCUT2D eigenvalue weighted by Gasteiger charge is 2.14. The molecule has 0 spiro atoms. The second-order valence-corrected chi connectivity index (χ2v) is 8.41. The van der Waals surface area contributed by atoms with Crippen molar-refractivity contribution in [1.82, 2.24) is 15.2 Å². The maximum absolute atomic E-state index is 12.5. The zero-order valence-electron chi connectivity index (χ0n) is 18.8. The predicted octanol–water partition coefficient (Wildman–Crippen LogP) is 4.76. The minimum absolute atomic E-state index is 0.0525. The van der Waals surface area contributed by atoms with Crippen molar-refractivity contribution in [3.05, 3.63) is 70.4 Å². The van der Waals surface area contributed by atoms with Crippen LogP contribution in [0.5, 0.6) is 11.5 Å². The van der Waals surface area contributed by atoms with Gasteiger partial charge in [0.2, 0.25) is 5.13 Å². The number of anilines is 1. The lowest BCUT2D eigenvalue weighted by Crippen LogP contribution is -2.13. The maximum Gasteiger partial charge on any atom is 0.268 e. The molecule has 0 atom stereocenters. The van der Waals surface area contributed by atoms with Crippen molar-refractivity contribution in [1.29, 1.82) is 5.26 Å². The zero-order valence-corrected chi connectivity index (χ0v) is 19.6. The van der Waals surface area contributed by atoms with Gasteiger partial charge in [0.25, 0.3) is 5.91 Å². The molecule has 2 heterocycles. The van der Waals surface area contributed by atoms with E-state index in [-0.39, 0.29) is 5.57 Å². The van der Waals surface area contributed by atoms with Crippen molar-refractivity contribution in [2.45, 2.75) is 19.8 Å². The van der Waals surface area contributed by atoms with Crippen LogP contribution in [0.2, 0.25) is 0 Å². The number of aromatic nitrogens is 3. The van der Waals surface area contributed by atoms with E-state index in [1.54, 1.807) is 25.3 Å². The number of hydrogen-bond donors (Lipinski definition) is 2. The van der Waals surface area contributed by atoms with E-state index in [2.05, 4.69) is 26.6 Å². The van der Waals surface area contributed by atoms with E-state index in [0.29, 0.717) is 28.8 Å². The van der Waals surface area contributed by atoms with Gasteiger partial charge in [-0.05, 0) is 41.8 Å². The van der Waals surface area contributed by atoms with E-state index in [9.17, 15) is 10.1 Å². The molecular formula is C25H23N5O3S. The lowest BCUT2D eigenvalue weighted by Gasteiger charge is -2.11. The van der Waals surface area contributed by atoms with E-state index in [0.717, 1.165) is 23.4 Å². The summed E-state index contributed by atoms with van der Waals surface area (Å²) < 4.78 is 11.4. The highest BCUT2D eigenvalue weighted by Crippen LogP contribution is 2.29. The van der Waals surface area contributed by atoms with Crippen LogP contribution in [-0.4, -0.2) is 34.8 Å². The number of amides is 1. The molecule has 34 heavy (non-hydrogen) atoms. The van der Waals surface area contributed by atoms with Crippen LogP contribution < -0.4 is 14.8 Å². The summed E-state index contributed by atoms with van der Waals surface area (Å²) in [6.45, 7) is 2.43. The molecule has 0 saturated carbocycles. The molecule has 172 valence electrons. The molecule has 9 heteroatoms. The molecule has 0 aliphatic rings. The van der Waals surface area contributed by atoms with E-state index in [1.807, 2.05) is 37.4 Å². The minimum Gasteiger partial charge on any atom is -0.493 e. The first-order valence-corrected chi connectivity index (χ1v) is 11.5. The van der Waals surface area contributed by atoms with Crippen LogP contribution in [0.1, 0.15) is 23.1 Å². The number of methoxy groups -OCH3 is 1. The Hall–Kier alpha value is -4.16. The lowest BCUT2D eigenvalue weighted by atomic mass is 10.1. The SMILES string of the molecule is CCc1nnc(NC(=O)C(C#N)=Cc2ccc(OCCc3c[nH]c4ccccc34)c(OC)c2)s1. The fraction of sp³-hybridized carbons (Fsp3) is 0.200. The molecule has 2 aromatic carbocycles. The van der Waals surface area contributed by atoms with Gasteiger partial charge in [0.05, 0.1) is 13.7 Å². The van der Waals surface area contributed by atoms with E-state index >= 15 is 0 Å². The van der Waals surface area contributed by atoms with Gasteiger partial charge in [0, 0.05) is 23.5 Å². The molecular weight excluding hydrogens is 450 g/mol. The number of nitriles is 1. The molecule has 2 N–H and O–H groups in total. The third kappa shape index (κ3) is 5.24. The van der Waals surface area contributed by atoms with Crippen molar-refractivity contribution in [3.63, 3.8) is 0 Å². The van der Waals surface area contributed by atoms with E-state index in [1.165, 1.54) is 28.4 Å². The second-order valence-electron chi connectivity index (χ2n) is 7.35. The van der Waals surface area contributed by atoms with Gasteiger partial charge in [-0.1, -0.05) is 42.5 Å². The maximum atomic E-state index is 12.5. The Labute approximate surface area is 200 Å². The molecule has 4 aromatic rings. The van der Waals surface area contributed by atoms with Gasteiger partial charge in [-0.3, -0.25) is 10.1 Å². The number of H-pyrrole nitrogens is 1. The van der Waals surface area contributed by atoms with Gasteiger partial charge in [0.15, 0.2) is 11.5 Å². The number of benzene rings is 2. The molecule has 1 amide bonds. The fourth-order valence-corrected chi connectivity index (χ4v) is 4.10. The number of hydrogen-bond acceptors (Lipinski definition) is 7. The topological polar surface area (TPSA) is 113 Å². The molecule has 8 nitrogen and oxygen atoms in total. The number of fused-ring (bicyclic) bond motifs is 1. The number of nitrogens with one attached hydrogen (secondary N) is 2. The standard InChI is InChI=1S/C25H23N5O3S/c1-3-23-29-30-25(34-23)28-24(31)18(14-26)12-16-8-9-21(22(13-16)32-2)33-11-10-17-15-27-20-7-5-4-6-19(17)20/h4-9,12-13,15,27H,3,10-11H2,1-2H3,(H,28,30,31). The Morgan fingerprint density at radius 1 is 1.24 bits per heavy atom. The minimum atomic E-state index is -0.542. The van der Waals surface area contributed by atoms with Gasteiger partial charge in [-0.25, -0.2) is 0 Å². The number of carbonyl (C=O) groups is 1.